The Morgan fingerprint density at radius 1 is 1.23 bits per heavy atom. The van der Waals surface area contributed by atoms with Crippen LogP contribution >= 0.6 is 0 Å². The van der Waals surface area contributed by atoms with E-state index >= 15 is 0 Å². The van der Waals surface area contributed by atoms with Gasteiger partial charge in [-0.15, -0.1) is 0 Å². The molecule has 7 heteroatoms. The first-order valence-electron chi connectivity index (χ1n) is 8.58. The molecule has 1 aliphatic heterocycles. The predicted octanol–water partition coefficient (Wildman–Crippen LogP) is 1.28. The number of nitrogens with zero attached hydrogens (tertiary/aromatic N) is 2. The fraction of sp³-hybridized carbons (Fsp3) is 0.421. The lowest BCUT2D eigenvalue weighted by Gasteiger charge is -2.46. The monoisotopic (exact) mass is 376 g/mol. The molecule has 1 fully saturated rings. The normalized spacial score (nSPS) is 23.8. The molecule has 2 aromatic rings. The maximum atomic E-state index is 11.6. The number of hydrogen-bond acceptors (Lipinski definition) is 6. The third kappa shape index (κ3) is 3.90. The summed E-state index contributed by atoms with van der Waals surface area (Å²) in [5.74, 6) is 0.648. The van der Waals surface area contributed by atoms with Crippen molar-refractivity contribution in [2.24, 2.45) is 5.41 Å². The Morgan fingerprint density at radius 2 is 1.96 bits per heavy atom. The van der Waals surface area contributed by atoms with E-state index in [1.165, 1.54) is 6.20 Å². The summed E-state index contributed by atoms with van der Waals surface area (Å²) in [5, 5.41) is 20.7. The Bertz CT molecular complexity index is 840. The fourth-order valence-corrected chi connectivity index (χ4v) is 4.07. The average Bonchev–Trinajstić information content (AvgIpc) is 2.64. The van der Waals surface area contributed by atoms with E-state index in [0.717, 1.165) is 11.8 Å². The molecule has 6 nitrogen and oxygen atoms in total. The van der Waals surface area contributed by atoms with E-state index in [9.17, 15) is 18.6 Å². The highest BCUT2D eigenvalue weighted by atomic mass is 32.2. The summed E-state index contributed by atoms with van der Waals surface area (Å²) in [7, 11) is -3.29. The van der Waals surface area contributed by atoms with Crippen LogP contribution in [0.2, 0.25) is 0 Å². The molecule has 0 unspecified atom stereocenters. The highest BCUT2D eigenvalue weighted by Gasteiger charge is 2.42. The van der Waals surface area contributed by atoms with Gasteiger partial charge < -0.3 is 15.1 Å². The van der Waals surface area contributed by atoms with Gasteiger partial charge in [0.15, 0.2) is 9.84 Å². The lowest BCUT2D eigenvalue weighted by Crippen LogP contribution is -2.55. The van der Waals surface area contributed by atoms with Gasteiger partial charge in [-0.3, -0.25) is 0 Å². The van der Waals surface area contributed by atoms with Crippen molar-refractivity contribution in [3.63, 3.8) is 0 Å². The molecule has 1 aromatic heterocycles. The topological polar surface area (TPSA) is 90.7 Å². The quantitative estimate of drug-likeness (QED) is 0.817. The summed E-state index contributed by atoms with van der Waals surface area (Å²) >= 11 is 0. The third-order valence-electron chi connectivity index (χ3n) is 5.07. The van der Waals surface area contributed by atoms with Gasteiger partial charge in [0.1, 0.15) is 5.82 Å². The number of pyridine rings is 1. The highest BCUT2D eigenvalue weighted by Crippen LogP contribution is 2.35. The number of rotatable bonds is 5. The number of aromatic nitrogens is 1. The van der Waals surface area contributed by atoms with E-state index in [-0.39, 0.29) is 11.5 Å². The standard InChI is InChI=1S/C19H24N2O4S/c1-26(24,25)16-7-8-18(20-12-16)21-10-9-17(23)19(13-21,14-22)11-15-5-3-2-4-6-15/h2-8,12,17,22-23H,9-11,13-14H2,1H3/t17-,19+/m1/s1. The maximum Gasteiger partial charge on any atom is 0.177 e. The molecule has 0 aliphatic carbocycles. The van der Waals surface area contributed by atoms with Gasteiger partial charge in [0, 0.05) is 31.0 Å². The van der Waals surface area contributed by atoms with Gasteiger partial charge in [0.25, 0.3) is 0 Å². The Balaban J connectivity index is 1.84. The van der Waals surface area contributed by atoms with Crippen molar-refractivity contribution in [1.82, 2.24) is 4.98 Å². The molecule has 1 aliphatic rings. The molecule has 0 spiro atoms. The van der Waals surface area contributed by atoms with Gasteiger partial charge in [-0.05, 0) is 30.5 Å². The molecule has 0 amide bonds. The predicted molar refractivity (Wildman–Crippen MR) is 99.8 cm³/mol. The van der Waals surface area contributed by atoms with Gasteiger partial charge >= 0.3 is 0 Å². The summed E-state index contributed by atoms with van der Waals surface area (Å²) in [6.45, 7) is 0.911. The Hall–Kier alpha value is -1.96. The summed E-state index contributed by atoms with van der Waals surface area (Å²) in [6, 6.07) is 13.0. The SMILES string of the molecule is CS(=O)(=O)c1ccc(N2CC[C@@H](O)[C@@](CO)(Cc3ccccc3)C2)nc1. The fourth-order valence-electron chi connectivity index (χ4n) is 3.51. The second kappa shape index (κ2) is 7.34. The van der Waals surface area contributed by atoms with Gasteiger partial charge in [0.05, 0.1) is 17.6 Å². The van der Waals surface area contributed by atoms with E-state index in [1.54, 1.807) is 12.1 Å². The number of benzene rings is 1. The molecular formula is C19H24N2O4S. The van der Waals surface area contributed by atoms with Crippen LogP contribution in [-0.2, 0) is 16.3 Å². The summed E-state index contributed by atoms with van der Waals surface area (Å²) in [5.41, 5.74) is 0.374. The minimum atomic E-state index is -3.29. The molecule has 1 saturated heterocycles. The third-order valence-corrected chi connectivity index (χ3v) is 6.17. The number of aliphatic hydroxyl groups excluding tert-OH is 2. The molecule has 2 atom stereocenters. The van der Waals surface area contributed by atoms with Gasteiger partial charge in [0.2, 0.25) is 0 Å². The van der Waals surface area contributed by atoms with Crippen molar-refractivity contribution >= 4 is 15.7 Å². The van der Waals surface area contributed by atoms with Crippen LogP contribution in [0.1, 0.15) is 12.0 Å². The maximum absolute atomic E-state index is 11.6. The van der Waals surface area contributed by atoms with Gasteiger partial charge in [-0.1, -0.05) is 30.3 Å². The molecule has 1 aromatic carbocycles. The molecule has 0 saturated carbocycles. The van der Waals surface area contributed by atoms with Crippen LogP contribution in [0.5, 0.6) is 0 Å². The van der Waals surface area contributed by atoms with E-state index in [2.05, 4.69) is 4.98 Å². The Kier molecular flexibility index (Phi) is 5.32. The average molecular weight is 376 g/mol. The van der Waals surface area contributed by atoms with Gasteiger partial charge in [-0.25, -0.2) is 13.4 Å². The zero-order valence-corrected chi connectivity index (χ0v) is 15.6. The zero-order valence-electron chi connectivity index (χ0n) is 14.7. The molecular weight excluding hydrogens is 352 g/mol. The van der Waals surface area contributed by atoms with E-state index in [4.69, 9.17) is 0 Å². The Morgan fingerprint density at radius 3 is 2.54 bits per heavy atom. The van der Waals surface area contributed by atoms with Crippen LogP contribution in [0, 0.1) is 5.41 Å². The summed E-state index contributed by atoms with van der Waals surface area (Å²) in [6.07, 6.45) is 2.97. The van der Waals surface area contributed by atoms with Crippen molar-refractivity contribution in [2.45, 2.75) is 23.8 Å². The number of aliphatic hydroxyl groups is 2. The second-order valence-corrected chi connectivity index (χ2v) is 9.05. The number of piperidine rings is 1. The van der Waals surface area contributed by atoms with Crippen molar-refractivity contribution in [3.05, 3.63) is 54.2 Å². The van der Waals surface area contributed by atoms with E-state index in [0.29, 0.717) is 31.7 Å². The molecule has 0 radical (unpaired) electrons. The first-order chi connectivity index (χ1) is 12.3. The number of sulfone groups is 1. The minimum absolute atomic E-state index is 0.138. The van der Waals surface area contributed by atoms with Crippen LogP contribution in [0.15, 0.2) is 53.6 Å². The molecule has 3 rings (SSSR count). The smallest absolute Gasteiger partial charge is 0.177 e. The molecule has 2 N–H and O–H groups in total. The summed E-state index contributed by atoms with van der Waals surface area (Å²) < 4.78 is 23.2. The van der Waals surface area contributed by atoms with Crippen molar-refractivity contribution in [1.29, 1.82) is 0 Å². The molecule has 140 valence electrons. The van der Waals surface area contributed by atoms with E-state index in [1.807, 2.05) is 35.2 Å². The minimum Gasteiger partial charge on any atom is -0.396 e. The van der Waals surface area contributed by atoms with Crippen LogP contribution in [0.4, 0.5) is 5.82 Å². The van der Waals surface area contributed by atoms with Crippen LogP contribution in [0.25, 0.3) is 0 Å². The largest absolute Gasteiger partial charge is 0.396 e. The first-order valence-corrected chi connectivity index (χ1v) is 10.5. The number of anilines is 1. The van der Waals surface area contributed by atoms with Crippen molar-refractivity contribution < 1.29 is 18.6 Å². The van der Waals surface area contributed by atoms with E-state index < -0.39 is 21.4 Å². The highest BCUT2D eigenvalue weighted by molar-refractivity contribution is 7.90. The zero-order chi connectivity index (χ0) is 18.8. The number of hydrogen-bond donors (Lipinski definition) is 2. The van der Waals surface area contributed by atoms with Gasteiger partial charge in [-0.2, -0.15) is 0 Å². The van der Waals surface area contributed by atoms with Crippen molar-refractivity contribution in [3.8, 4) is 0 Å². The lowest BCUT2D eigenvalue weighted by atomic mass is 9.73. The molecule has 2 heterocycles. The van der Waals surface area contributed by atoms with Crippen LogP contribution in [0.3, 0.4) is 0 Å². The molecule has 26 heavy (non-hydrogen) atoms. The molecule has 0 bridgehead atoms. The van der Waals surface area contributed by atoms with Crippen LogP contribution in [-0.4, -0.2) is 55.7 Å². The van der Waals surface area contributed by atoms with Crippen LogP contribution < -0.4 is 4.90 Å². The Labute approximate surface area is 154 Å². The lowest BCUT2D eigenvalue weighted by molar-refractivity contribution is -0.0292. The first kappa shape index (κ1) is 18.8. The second-order valence-electron chi connectivity index (χ2n) is 7.03. The summed E-state index contributed by atoms with van der Waals surface area (Å²) in [4.78, 5) is 6.46. The van der Waals surface area contributed by atoms with Crippen molar-refractivity contribution in [2.75, 3.05) is 30.9 Å².